The van der Waals surface area contributed by atoms with Crippen LogP contribution in [0.2, 0.25) is 0 Å². The third-order valence-electron chi connectivity index (χ3n) is 1.85. The molecule has 0 saturated carbocycles. The Morgan fingerprint density at radius 2 is 2.00 bits per heavy atom. The summed E-state index contributed by atoms with van der Waals surface area (Å²) in [7, 11) is 0. The molecule has 0 N–H and O–H groups in total. The molecule has 1 heterocycles. The fraction of sp³-hybridized carbons (Fsp3) is 0. The van der Waals surface area contributed by atoms with Gasteiger partial charge in [0, 0.05) is 6.07 Å². The molecule has 82 valence electrons. The first kappa shape index (κ1) is 11.2. The molecular formula is C8H4Br2N4O2. The predicted octanol–water partition coefficient (Wildman–Crippen LogP) is 2.70. The van der Waals surface area contributed by atoms with Crippen LogP contribution in [0.15, 0.2) is 33.7 Å². The monoisotopic (exact) mass is 346 g/mol. The van der Waals surface area contributed by atoms with E-state index in [4.69, 9.17) is 0 Å². The van der Waals surface area contributed by atoms with Gasteiger partial charge >= 0.3 is 0 Å². The second-order valence-corrected chi connectivity index (χ2v) is 4.23. The molecule has 0 aliphatic carbocycles. The summed E-state index contributed by atoms with van der Waals surface area (Å²) >= 11 is 6.27. The van der Waals surface area contributed by atoms with E-state index in [0.29, 0.717) is 15.2 Å². The molecule has 0 amide bonds. The fourth-order valence-corrected chi connectivity index (χ4v) is 2.22. The van der Waals surface area contributed by atoms with Crippen molar-refractivity contribution in [3.63, 3.8) is 0 Å². The van der Waals surface area contributed by atoms with Crippen molar-refractivity contribution in [2.24, 2.45) is 0 Å². The van der Waals surface area contributed by atoms with Crippen molar-refractivity contribution in [1.29, 1.82) is 0 Å². The van der Waals surface area contributed by atoms with Crippen LogP contribution in [0.3, 0.4) is 0 Å². The number of hydrogen-bond acceptors (Lipinski definition) is 4. The number of hydrogen-bond donors (Lipinski definition) is 0. The molecule has 16 heavy (non-hydrogen) atoms. The SMILES string of the molecule is O=[N+]([O-])c1ccccc1-n1nc(Br)nc1Br. The third kappa shape index (κ3) is 1.98. The number of nitro groups is 1. The summed E-state index contributed by atoms with van der Waals surface area (Å²) in [5.74, 6) is 0. The summed E-state index contributed by atoms with van der Waals surface area (Å²) in [5, 5.41) is 14.8. The van der Waals surface area contributed by atoms with Gasteiger partial charge in [-0.3, -0.25) is 10.1 Å². The zero-order chi connectivity index (χ0) is 11.7. The molecular weight excluding hydrogens is 344 g/mol. The van der Waals surface area contributed by atoms with E-state index < -0.39 is 4.92 Å². The van der Waals surface area contributed by atoms with Crippen LogP contribution in [-0.4, -0.2) is 19.7 Å². The minimum absolute atomic E-state index is 0.0272. The lowest BCUT2D eigenvalue weighted by Crippen LogP contribution is -2.01. The molecule has 0 spiro atoms. The van der Waals surface area contributed by atoms with Crippen molar-refractivity contribution in [1.82, 2.24) is 14.8 Å². The summed E-state index contributed by atoms with van der Waals surface area (Å²) < 4.78 is 2.11. The van der Waals surface area contributed by atoms with Crippen molar-refractivity contribution in [2.45, 2.75) is 0 Å². The largest absolute Gasteiger partial charge is 0.294 e. The molecule has 2 rings (SSSR count). The lowest BCUT2D eigenvalue weighted by atomic mass is 10.3. The van der Waals surface area contributed by atoms with Crippen molar-refractivity contribution in [2.75, 3.05) is 0 Å². The molecule has 0 aliphatic rings. The maximum Gasteiger partial charge on any atom is 0.294 e. The van der Waals surface area contributed by atoms with E-state index in [0.717, 1.165) is 0 Å². The topological polar surface area (TPSA) is 73.8 Å². The standard InChI is InChI=1S/C8H4Br2N4O2/c9-7-11-8(10)13(12-7)5-3-1-2-4-6(5)14(15)16/h1-4H. The molecule has 0 bridgehead atoms. The van der Waals surface area contributed by atoms with Crippen molar-refractivity contribution in [3.05, 3.63) is 43.8 Å². The highest BCUT2D eigenvalue weighted by molar-refractivity contribution is 9.11. The average molecular weight is 348 g/mol. The zero-order valence-electron chi connectivity index (χ0n) is 7.67. The number of nitrogens with zero attached hydrogens (tertiary/aromatic N) is 4. The summed E-state index contributed by atoms with van der Waals surface area (Å²) in [6.07, 6.45) is 0. The molecule has 0 radical (unpaired) electrons. The molecule has 1 aromatic carbocycles. The number of halogens is 2. The Balaban J connectivity index is 2.64. The van der Waals surface area contributed by atoms with Crippen molar-refractivity contribution >= 4 is 37.5 Å². The molecule has 8 heteroatoms. The van der Waals surface area contributed by atoms with Gasteiger partial charge in [-0.2, -0.15) is 9.67 Å². The number of benzene rings is 1. The first-order valence-corrected chi connectivity index (χ1v) is 5.70. The van der Waals surface area contributed by atoms with Crippen LogP contribution in [-0.2, 0) is 0 Å². The molecule has 0 saturated heterocycles. The van der Waals surface area contributed by atoms with Crippen LogP contribution < -0.4 is 0 Å². The quantitative estimate of drug-likeness (QED) is 0.618. The van der Waals surface area contributed by atoms with Gasteiger partial charge in [0.1, 0.15) is 5.69 Å². The maximum absolute atomic E-state index is 10.8. The lowest BCUT2D eigenvalue weighted by molar-refractivity contribution is -0.384. The maximum atomic E-state index is 10.8. The molecule has 1 aromatic heterocycles. The Morgan fingerprint density at radius 3 is 2.56 bits per heavy atom. The minimum atomic E-state index is -0.461. The second kappa shape index (κ2) is 4.30. The molecule has 0 unspecified atom stereocenters. The molecule has 0 atom stereocenters. The lowest BCUT2D eigenvalue weighted by Gasteiger charge is -2.02. The van der Waals surface area contributed by atoms with Gasteiger partial charge in [0.15, 0.2) is 0 Å². The van der Waals surface area contributed by atoms with Crippen LogP contribution in [0.1, 0.15) is 0 Å². The van der Waals surface area contributed by atoms with E-state index in [1.165, 1.54) is 10.7 Å². The van der Waals surface area contributed by atoms with E-state index in [9.17, 15) is 10.1 Å². The molecule has 0 aliphatic heterocycles. The predicted molar refractivity (Wildman–Crippen MR) is 63.4 cm³/mol. The summed E-state index contributed by atoms with van der Waals surface area (Å²) in [6.45, 7) is 0. The molecule has 6 nitrogen and oxygen atoms in total. The first-order valence-electron chi connectivity index (χ1n) is 4.11. The zero-order valence-corrected chi connectivity index (χ0v) is 10.8. The normalized spacial score (nSPS) is 10.4. The van der Waals surface area contributed by atoms with Gasteiger partial charge in [0.2, 0.25) is 9.47 Å². The van der Waals surface area contributed by atoms with Gasteiger partial charge in [0.25, 0.3) is 5.69 Å². The molecule has 2 aromatic rings. The third-order valence-corrected chi connectivity index (χ3v) is 2.70. The van der Waals surface area contributed by atoms with Crippen LogP contribution in [0, 0.1) is 10.1 Å². The van der Waals surface area contributed by atoms with Gasteiger partial charge in [-0.05, 0) is 37.9 Å². The van der Waals surface area contributed by atoms with Gasteiger partial charge in [0.05, 0.1) is 4.92 Å². The van der Waals surface area contributed by atoms with E-state index in [1.54, 1.807) is 18.2 Å². The Kier molecular flexibility index (Phi) is 3.01. The van der Waals surface area contributed by atoms with Crippen LogP contribution in [0.5, 0.6) is 0 Å². The second-order valence-electron chi connectivity index (χ2n) is 2.81. The van der Waals surface area contributed by atoms with Gasteiger partial charge < -0.3 is 0 Å². The summed E-state index contributed by atoms with van der Waals surface area (Å²) in [5.41, 5.74) is 0.332. The number of nitro benzene ring substituents is 1. The van der Waals surface area contributed by atoms with Crippen molar-refractivity contribution in [3.8, 4) is 5.69 Å². The minimum Gasteiger partial charge on any atom is -0.258 e. The highest BCUT2D eigenvalue weighted by Crippen LogP contribution is 2.25. The smallest absolute Gasteiger partial charge is 0.258 e. The Labute approximate surface area is 107 Å². The Morgan fingerprint density at radius 1 is 1.31 bits per heavy atom. The number of para-hydroxylation sites is 2. The van der Waals surface area contributed by atoms with Crippen LogP contribution in [0.4, 0.5) is 5.69 Å². The average Bonchev–Trinajstić information content (AvgIpc) is 2.57. The summed E-state index contributed by atoms with van der Waals surface area (Å²) in [6, 6.07) is 6.31. The van der Waals surface area contributed by atoms with Gasteiger partial charge in [-0.15, -0.1) is 5.10 Å². The van der Waals surface area contributed by atoms with Crippen molar-refractivity contribution < 1.29 is 4.92 Å². The highest BCUT2D eigenvalue weighted by atomic mass is 79.9. The van der Waals surface area contributed by atoms with E-state index in [1.807, 2.05) is 0 Å². The number of aromatic nitrogens is 3. The van der Waals surface area contributed by atoms with E-state index >= 15 is 0 Å². The Bertz CT molecular complexity index is 555. The first-order chi connectivity index (χ1) is 7.59. The van der Waals surface area contributed by atoms with E-state index in [2.05, 4.69) is 41.9 Å². The Hall–Kier alpha value is -1.28. The van der Waals surface area contributed by atoms with Crippen LogP contribution >= 0.6 is 31.9 Å². The summed E-state index contributed by atoms with van der Waals surface area (Å²) in [4.78, 5) is 14.3. The number of rotatable bonds is 2. The van der Waals surface area contributed by atoms with Gasteiger partial charge in [-0.1, -0.05) is 12.1 Å². The van der Waals surface area contributed by atoms with E-state index in [-0.39, 0.29) is 5.69 Å². The highest BCUT2D eigenvalue weighted by Gasteiger charge is 2.17. The molecule has 0 fully saturated rings. The van der Waals surface area contributed by atoms with Gasteiger partial charge in [-0.25, -0.2) is 0 Å². The van der Waals surface area contributed by atoms with Crippen LogP contribution in [0.25, 0.3) is 5.69 Å². The fourth-order valence-electron chi connectivity index (χ4n) is 1.22.